The Kier molecular flexibility index (Phi) is 4.59. The number of hydrogen-bond donors (Lipinski definition) is 0. The van der Waals surface area contributed by atoms with Gasteiger partial charge in [0.05, 0.1) is 6.61 Å². The molecule has 0 aliphatic carbocycles. The summed E-state index contributed by atoms with van der Waals surface area (Å²) < 4.78 is 16.4. The zero-order chi connectivity index (χ0) is 11.9. The molecule has 3 nitrogen and oxygen atoms in total. The lowest BCUT2D eigenvalue weighted by Crippen LogP contribution is -2.15. The van der Waals surface area contributed by atoms with Crippen molar-refractivity contribution in [3.63, 3.8) is 0 Å². The summed E-state index contributed by atoms with van der Waals surface area (Å²) in [6.45, 7) is 5.63. The second-order valence-corrected chi connectivity index (χ2v) is 3.93. The Bertz CT molecular complexity index is 339. The molecule has 17 heavy (non-hydrogen) atoms. The molecule has 1 aromatic carbocycles. The highest BCUT2D eigenvalue weighted by molar-refractivity contribution is 5.48. The minimum Gasteiger partial charge on any atom is -0.491 e. The fraction of sp³-hybridized carbons (Fsp3) is 0.429. The van der Waals surface area contributed by atoms with E-state index in [0.29, 0.717) is 13.2 Å². The third-order valence-electron chi connectivity index (χ3n) is 2.66. The predicted molar refractivity (Wildman–Crippen MR) is 67.0 cm³/mol. The molecule has 0 spiro atoms. The maximum Gasteiger partial charge on any atom is 0.157 e. The lowest BCUT2D eigenvalue weighted by atomic mass is 10.2. The van der Waals surface area contributed by atoms with E-state index >= 15 is 0 Å². The van der Waals surface area contributed by atoms with Crippen LogP contribution in [-0.4, -0.2) is 26.1 Å². The normalized spacial score (nSPS) is 19.2. The number of hydrogen-bond acceptors (Lipinski definition) is 3. The highest BCUT2D eigenvalue weighted by Crippen LogP contribution is 2.14. The summed E-state index contributed by atoms with van der Waals surface area (Å²) in [6, 6.07) is 7.82. The van der Waals surface area contributed by atoms with E-state index in [1.165, 1.54) is 0 Å². The first-order valence-corrected chi connectivity index (χ1v) is 5.97. The zero-order valence-corrected chi connectivity index (χ0v) is 9.93. The van der Waals surface area contributed by atoms with Gasteiger partial charge in [-0.25, -0.2) is 0 Å². The Balaban J connectivity index is 1.65. The van der Waals surface area contributed by atoms with Crippen LogP contribution in [0.25, 0.3) is 6.08 Å². The van der Waals surface area contributed by atoms with Gasteiger partial charge in [-0.15, -0.1) is 0 Å². The summed E-state index contributed by atoms with van der Waals surface area (Å²) in [5.41, 5.74) is 1.09. The Morgan fingerprint density at radius 3 is 2.76 bits per heavy atom. The van der Waals surface area contributed by atoms with Crippen molar-refractivity contribution in [3.05, 3.63) is 36.4 Å². The maximum atomic E-state index is 5.55. The molecule has 2 rings (SSSR count). The third-order valence-corrected chi connectivity index (χ3v) is 2.66. The van der Waals surface area contributed by atoms with Crippen molar-refractivity contribution in [3.8, 4) is 5.75 Å². The van der Waals surface area contributed by atoms with Crippen LogP contribution in [0, 0.1) is 0 Å². The largest absolute Gasteiger partial charge is 0.491 e. The molecule has 0 N–H and O–H groups in total. The Morgan fingerprint density at radius 2 is 2.12 bits per heavy atom. The highest BCUT2D eigenvalue weighted by atomic mass is 16.7. The van der Waals surface area contributed by atoms with E-state index in [1.54, 1.807) is 0 Å². The van der Waals surface area contributed by atoms with E-state index in [9.17, 15) is 0 Å². The van der Waals surface area contributed by atoms with Gasteiger partial charge in [-0.2, -0.15) is 0 Å². The monoisotopic (exact) mass is 234 g/mol. The summed E-state index contributed by atoms with van der Waals surface area (Å²) in [5.74, 6) is 0.853. The van der Waals surface area contributed by atoms with Crippen LogP contribution in [0.2, 0.25) is 0 Å². The molecule has 1 heterocycles. The number of ether oxygens (including phenoxy) is 3. The summed E-state index contributed by atoms with van der Waals surface area (Å²) in [5, 5.41) is 0. The first kappa shape index (κ1) is 12.1. The molecule has 0 bridgehead atoms. The van der Waals surface area contributed by atoms with Crippen molar-refractivity contribution in [1.29, 1.82) is 0 Å². The van der Waals surface area contributed by atoms with Crippen molar-refractivity contribution in [1.82, 2.24) is 0 Å². The smallest absolute Gasteiger partial charge is 0.157 e. The van der Waals surface area contributed by atoms with E-state index in [0.717, 1.165) is 30.8 Å². The first-order valence-electron chi connectivity index (χ1n) is 5.97. The van der Waals surface area contributed by atoms with Crippen LogP contribution in [-0.2, 0) is 9.47 Å². The summed E-state index contributed by atoms with van der Waals surface area (Å²) in [6.07, 6.45) is 3.87. The van der Waals surface area contributed by atoms with Gasteiger partial charge < -0.3 is 14.2 Å². The van der Waals surface area contributed by atoms with Crippen molar-refractivity contribution >= 4 is 6.08 Å². The summed E-state index contributed by atoms with van der Waals surface area (Å²) >= 11 is 0. The maximum absolute atomic E-state index is 5.55. The molecule has 1 aliphatic rings. The Morgan fingerprint density at radius 1 is 1.29 bits per heavy atom. The summed E-state index contributed by atoms with van der Waals surface area (Å²) in [4.78, 5) is 0. The lowest BCUT2D eigenvalue weighted by Gasteiger charge is -2.11. The number of rotatable bonds is 6. The van der Waals surface area contributed by atoms with Gasteiger partial charge in [0.1, 0.15) is 12.4 Å². The van der Waals surface area contributed by atoms with Gasteiger partial charge in [0.2, 0.25) is 0 Å². The van der Waals surface area contributed by atoms with Gasteiger partial charge in [0.15, 0.2) is 6.29 Å². The van der Waals surface area contributed by atoms with Crippen molar-refractivity contribution in [2.75, 3.05) is 19.8 Å². The van der Waals surface area contributed by atoms with Crippen molar-refractivity contribution in [2.45, 2.75) is 19.1 Å². The van der Waals surface area contributed by atoms with E-state index < -0.39 is 0 Å². The van der Waals surface area contributed by atoms with Gasteiger partial charge >= 0.3 is 0 Å². The molecule has 92 valence electrons. The molecule has 0 amide bonds. The zero-order valence-electron chi connectivity index (χ0n) is 9.93. The second-order valence-electron chi connectivity index (χ2n) is 3.93. The van der Waals surface area contributed by atoms with Gasteiger partial charge in [-0.3, -0.25) is 0 Å². The molecular formula is C14H18O3. The van der Waals surface area contributed by atoms with E-state index in [1.807, 2.05) is 30.3 Å². The quantitative estimate of drug-likeness (QED) is 0.708. The molecule has 3 heteroatoms. The minimum absolute atomic E-state index is 0.0262. The van der Waals surface area contributed by atoms with Crippen LogP contribution < -0.4 is 4.74 Å². The third kappa shape index (κ3) is 3.88. The Labute approximate surface area is 102 Å². The van der Waals surface area contributed by atoms with Gasteiger partial charge in [0, 0.05) is 13.0 Å². The fourth-order valence-corrected chi connectivity index (χ4v) is 1.72. The van der Waals surface area contributed by atoms with E-state index in [-0.39, 0.29) is 6.29 Å². The van der Waals surface area contributed by atoms with E-state index in [4.69, 9.17) is 14.2 Å². The average Bonchev–Trinajstić information content (AvgIpc) is 2.88. The first-order chi connectivity index (χ1) is 8.38. The molecular weight excluding hydrogens is 216 g/mol. The molecule has 0 radical (unpaired) electrons. The molecule has 0 saturated carbocycles. The highest BCUT2D eigenvalue weighted by Gasteiger charge is 2.15. The van der Waals surface area contributed by atoms with Crippen LogP contribution >= 0.6 is 0 Å². The van der Waals surface area contributed by atoms with Gasteiger partial charge in [-0.1, -0.05) is 24.8 Å². The van der Waals surface area contributed by atoms with Crippen molar-refractivity contribution < 1.29 is 14.2 Å². The molecule has 1 unspecified atom stereocenters. The van der Waals surface area contributed by atoms with Crippen LogP contribution in [0.4, 0.5) is 0 Å². The molecule has 0 aromatic heterocycles. The molecule has 1 aromatic rings. The SMILES string of the molecule is C=Cc1ccc(OCCOC2CCCO2)cc1. The average molecular weight is 234 g/mol. The minimum atomic E-state index is -0.0262. The van der Waals surface area contributed by atoms with Crippen LogP contribution in [0.15, 0.2) is 30.8 Å². The van der Waals surface area contributed by atoms with Gasteiger partial charge in [0.25, 0.3) is 0 Å². The Hall–Kier alpha value is -1.32. The fourth-order valence-electron chi connectivity index (χ4n) is 1.72. The standard InChI is InChI=1S/C14H18O3/c1-2-12-5-7-13(8-6-12)15-10-11-17-14-4-3-9-16-14/h2,5-8,14H,1,3-4,9-11H2. The van der Waals surface area contributed by atoms with Crippen LogP contribution in [0.1, 0.15) is 18.4 Å². The molecule has 1 atom stereocenters. The second kappa shape index (κ2) is 6.42. The van der Waals surface area contributed by atoms with Crippen LogP contribution in [0.5, 0.6) is 5.75 Å². The molecule has 1 aliphatic heterocycles. The van der Waals surface area contributed by atoms with Gasteiger partial charge in [-0.05, 0) is 24.1 Å². The van der Waals surface area contributed by atoms with Crippen molar-refractivity contribution in [2.24, 2.45) is 0 Å². The molecule has 1 saturated heterocycles. The summed E-state index contributed by atoms with van der Waals surface area (Å²) in [7, 11) is 0. The lowest BCUT2D eigenvalue weighted by molar-refractivity contribution is -0.115. The van der Waals surface area contributed by atoms with Crippen LogP contribution in [0.3, 0.4) is 0 Å². The number of benzene rings is 1. The topological polar surface area (TPSA) is 27.7 Å². The van der Waals surface area contributed by atoms with E-state index in [2.05, 4.69) is 6.58 Å². The predicted octanol–water partition coefficient (Wildman–Crippen LogP) is 2.86. The molecule has 1 fully saturated rings.